The number of nitrogens with zero attached hydrogens (tertiary/aromatic N) is 1. The first-order chi connectivity index (χ1) is 9.72. The summed E-state index contributed by atoms with van der Waals surface area (Å²) in [6.07, 6.45) is 2.12. The van der Waals surface area contributed by atoms with E-state index in [2.05, 4.69) is 5.32 Å². The van der Waals surface area contributed by atoms with E-state index in [1.807, 2.05) is 22.4 Å². The highest BCUT2D eigenvalue weighted by atomic mass is 32.1. The Labute approximate surface area is 121 Å². The average Bonchev–Trinajstić information content (AvgIpc) is 3.15. The number of rotatable bonds is 4. The van der Waals surface area contributed by atoms with Crippen molar-refractivity contribution in [3.63, 3.8) is 0 Å². The van der Waals surface area contributed by atoms with Crippen molar-refractivity contribution in [3.05, 3.63) is 52.5 Å². The van der Waals surface area contributed by atoms with E-state index in [1.54, 1.807) is 23.5 Å². The molecule has 0 saturated heterocycles. The summed E-state index contributed by atoms with van der Waals surface area (Å²) in [4.78, 5) is 15.4. The average molecular weight is 290 g/mol. The van der Waals surface area contributed by atoms with Crippen LogP contribution in [0.2, 0.25) is 0 Å². The van der Waals surface area contributed by atoms with E-state index in [0.29, 0.717) is 18.3 Å². The number of hydrogen-bond acceptors (Lipinski definition) is 2. The van der Waals surface area contributed by atoms with Gasteiger partial charge in [0.05, 0.1) is 6.54 Å². The number of hydrogen-bond donors (Lipinski definition) is 1. The zero-order chi connectivity index (χ0) is 13.9. The summed E-state index contributed by atoms with van der Waals surface area (Å²) in [7, 11) is 0. The Balaban J connectivity index is 1.67. The summed E-state index contributed by atoms with van der Waals surface area (Å²) in [5.41, 5.74) is 0.619. The van der Waals surface area contributed by atoms with Gasteiger partial charge in [0.1, 0.15) is 5.82 Å². The molecule has 2 aromatic rings. The number of benzene rings is 1. The fraction of sp³-hybridized carbons (Fsp3) is 0.267. The van der Waals surface area contributed by atoms with Gasteiger partial charge in [0, 0.05) is 16.6 Å². The second-order valence-electron chi connectivity index (χ2n) is 4.88. The fourth-order valence-corrected chi connectivity index (χ4v) is 2.75. The third-order valence-corrected chi connectivity index (χ3v) is 4.11. The Kier molecular flexibility index (Phi) is 3.69. The number of carbonyl (C=O) groups excluding carboxylic acids is 1. The maximum absolute atomic E-state index is 12.9. The van der Waals surface area contributed by atoms with Gasteiger partial charge in [-0.25, -0.2) is 9.18 Å². The number of anilines is 1. The van der Waals surface area contributed by atoms with Crippen molar-refractivity contribution >= 4 is 23.1 Å². The topological polar surface area (TPSA) is 32.3 Å². The molecule has 0 bridgehead atoms. The van der Waals surface area contributed by atoms with Crippen molar-refractivity contribution in [2.75, 3.05) is 5.32 Å². The summed E-state index contributed by atoms with van der Waals surface area (Å²) in [6.45, 7) is 0.634. The van der Waals surface area contributed by atoms with Crippen molar-refractivity contribution in [3.8, 4) is 0 Å². The number of carbonyl (C=O) groups is 1. The van der Waals surface area contributed by atoms with Crippen molar-refractivity contribution < 1.29 is 9.18 Å². The van der Waals surface area contributed by atoms with Crippen molar-refractivity contribution in [1.29, 1.82) is 0 Å². The maximum atomic E-state index is 12.9. The van der Waals surface area contributed by atoms with Crippen LogP contribution in [0.15, 0.2) is 41.8 Å². The minimum Gasteiger partial charge on any atom is -0.316 e. The second kappa shape index (κ2) is 5.63. The molecule has 0 unspecified atom stereocenters. The summed E-state index contributed by atoms with van der Waals surface area (Å²) in [5.74, 6) is -0.305. The monoisotopic (exact) mass is 290 g/mol. The van der Waals surface area contributed by atoms with E-state index in [9.17, 15) is 9.18 Å². The first-order valence-electron chi connectivity index (χ1n) is 6.58. The predicted octanol–water partition coefficient (Wildman–Crippen LogP) is 4.08. The SMILES string of the molecule is O=C(Nc1ccc(F)cc1)N(Cc1cccs1)C1CC1. The minimum absolute atomic E-state index is 0.118. The first-order valence-corrected chi connectivity index (χ1v) is 7.46. The van der Waals surface area contributed by atoms with Crippen LogP contribution in [-0.2, 0) is 6.54 Å². The third-order valence-electron chi connectivity index (χ3n) is 3.25. The van der Waals surface area contributed by atoms with Crippen LogP contribution in [0, 0.1) is 5.82 Å². The molecule has 3 rings (SSSR count). The minimum atomic E-state index is -0.305. The zero-order valence-electron chi connectivity index (χ0n) is 10.9. The smallest absolute Gasteiger partial charge is 0.316 e. The lowest BCUT2D eigenvalue weighted by molar-refractivity contribution is 0.206. The molecule has 5 heteroatoms. The lowest BCUT2D eigenvalue weighted by Crippen LogP contribution is -2.36. The van der Waals surface area contributed by atoms with Gasteiger partial charge in [-0.3, -0.25) is 0 Å². The molecule has 2 amide bonds. The van der Waals surface area contributed by atoms with Gasteiger partial charge >= 0.3 is 6.03 Å². The number of thiophene rings is 1. The quantitative estimate of drug-likeness (QED) is 0.904. The van der Waals surface area contributed by atoms with Gasteiger partial charge in [0.25, 0.3) is 0 Å². The first kappa shape index (κ1) is 13.1. The molecule has 1 saturated carbocycles. The number of amides is 2. The van der Waals surface area contributed by atoms with Crippen LogP contribution < -0.4 is 5.32 Å². The lowest BCUT2D eigenvalue weighted by atomic mass is 10.3. The molecule has 1 N–H and O–H groups in total. The molecule has 3 nitrogen and oxygen atoms in total. The molecule has 1 aliphatic rings. The van der Waals surface area contributed by atoms with Gasteiger partial charge < -0.3 is 10.2 Å². The Bertz CT molecular complexity index is 578. The van der Waals surface area contributed by atoms with Crippen LogP contribution in [0.3, 0.4) is 0 Å². The van der Waals surface area contributed by atoms with E-state index in [1.165, 1.54) is 17.0 Å². The van der Waals surface area contributed by atoms with Crippen LogP contribution in [0.1, 0.15) is 17.7 Å². The summed E-state index contributed by atoms with van der Waals surface area (Å²) in [5, 5.41) is 4.84. The molecule has 0 atom stereocenters. The number of nitrogens with one attached hydrogen (secondary N) is 1. The van der Waals surface area contributed by atoms with Gasteiger partial charge in [-0.2, -0.15) is 0 Å². The standard InChI is InChI=1S/C15H15FN2OS/c16-11-3-5-12(6-4-11)17-15(19)18(13-7-8-13)10-14-2-1-9-20-14/h1-6,9,13H,7-8,10H2,(H,17,19). The third kappa shape index (κ3) is 3.17. The molecule has 20 heavy (non-hydrogen) atoms. The Morgan fingerprint density at radius 3 is 2.65 bits per heavy atom. The molecule has 1 fully saturated rings. The van der Waals surface area contributed by atoms with Gasteiger partial charge in [0.2, 0.25) is 0 Å². The van der Waals surface area contributed by atoms with Crippen LogP contribution in [-0.4, -0.2) is 17.0 Å². The summed E-state index contributed by atoms with van der Waals surface area (Å²) in [6, 6.07) is 10.1. The van der Waals surface area contributed by atoms with Crippen LogP contribution in [0.4, 0.5) is 14.9 Å². The highest BCUT2D eigenvalue weighted by Crippen LogP contribution is 2.29. The summed E-state index contributed by atoms with van der Waals surface area (Å²) < 4.78 is 12.9. The van der Waals surface area contributed by atoms with E-state index in [-0.39, 0.29) is 11.8 Å². The van der Waals surface area contributed by atoms with Crippen molar-refractivity contribution in [2.24, 2.45) is 0 Å². The van der Waals surface area contributed by atoms with Gasteiger partial charge in [-0.15, -0.1) is 11.3 Å². The Morgan fingerprint density at radius 2 is 2.05 bits per heavy atom. The Hall–Kier alpha value is -1.88. The molecule has 0 radical (unpaired) electrons. The normalized spacial score (nSPS) is 14.1. The Morgan fingerprint density at radius 1 is 1.30 bits per heavy atom. The van der Waals surface area contributed by atoms with Gasteiger partial charge in [0.15, 0.2) is 0 Å². The molecule has 1 aliphatic carbocycles. The van der Waals surface area contributed by atoms with Crippen molar-refractivity contribution in [1.82, 2.24) is 4.90 Å². The summed E-state index contributed by atoms with van der Waals surface area (Å²) >= 11 is 1.65. The van der Waals surface area contributed by atoms with E-state index in [0.717, 1.165) is 12.8 Å². The predicted molar refractivity (Wildman–Crippen MR) is 78.3 cm³/mol. The highest BCUT2D eigenvalue weighted by molar-refractivity contribution is 7.09. The molecular formula is C15H15FN2OS. The molecule has 104 valence electrons. The zero-order valence-corrected chi connectivity index (χ0v) is 11.7. The van der Waals surface area contributed by atoms with Gasteiger partial charge in [-0.05, 0) is 48.6 Å². The molecule has 0 spiro atoms. The molecule has 1 aromatic heterocycles. The van der Waals surface area contributed by atoms with E-state index >= 15 is 0 Å². The number of halogens is 1. The fourth-order valence-electron chi connectivity index (χ4n) is 2.05. The van der Waals surface area contributed by atoms with Crippen molar-refractivity contribution in [2.45, 2.75) is 25.4 Å². The lowest BCUT2D eigenvalue weighted by Gasteiger charge is -2.22. The number of urea groups is 1. The van der Waals surface area contributed by atoms with E-state index in [4.69, 9.17) is 0 Å². The maximum Gasteiger partial charge on any atom is 0.322 e. The molecule has 1 aromatic carbocycles. The largest absolute Gasteiger partial charge is 0.322 e. The second-order valence-corrected chi connectivity index (χ2v) is 5.91. The molecule has 1 heterocycles. The molecule has 0 aliphatic heterocycles. The van der Waals surface area contributed by atoms with Crippen LogP contribution in [0.5, 0.6) is 0 Å². The van der Waals surface area contributed by atoms with Crippen LogP contribution >= 0.6 is 11.3 Å². The van der Waals surface area contributed by atoms with E-state index < -0.39 is 0 Å². The van der Waals surface area contributed by atoms with Gasteiger partial charge in [-0.1, -0.05) is 6.07 Å². The molecular weight excluding hydrogens is 275 g/mol. The van der Waals surface area contributed by atoms with Crippen LogP contribution in [0.25, 0.3) is 0 Å². The highest BCUT2D eigenvalue weighted by Gasteiger charge is 2.32.